The molecular weight excluding hydrogens is 358 g/mol. The van der Waals surface area contributed by atoms with Crippen molar-refractivity contribution in [1.29, 1.82) is 0 Å². The highest BCUT2D eigenvalue weighted by Crippen LogP contribution is 2.35. The van der Waals surface area contributed by atoms with Crippen LogP contribution in [0.1, 0.15) is 28.4 Å². The van der Waals surface area contributed by atoms with Crippen molar-refractivity contribution < 1.29 is 24.2 Å². The molecule has 2 rings (SSSR count). The predicted molar refractivity (Wildman–Crippen MR) is 99.1 cm³/mol. The van der Waals surface area contributed by atoms with Crippen LogP contribution >= 0.6 is 11.6 Å². The molecule has 2 N–H and O–H groups in total. The highest BCUT2D eigenvalue weighted by atomic mass is 35.5. The number of halogens is 1. The van der Waals surface area contributed by atoms with Gasteiger partial charge in [0.25, 0.3) is 5.91 Å². The molecule has 0 heterocycles. The van der Waals surface area contributed by atoms with Gasteiger partial charge >= 0.3 is 5.97 Å². The van der Waals surface area contributed by atoms with Crippen molar-refractivity contribution in [2.45, 2.75) is 20.8 Å². The van der Waals surface area contributed by atoms with Crippen LogP contribution in [0.5, 0.6) is 11.5 Å². The van der Waals surface area contributed by atoms with E-state index in [1.54, 1.807) is 13.0 Å². The van der Waals surface area contributed by atoms with Gasteiger partial charge in [-0.1, -0.05) is 23.7 Å². The second kappa shape index (κ2) is 8.58. The van der Waals surface area contributed by atoms with Crippen LogP contribution in [0, 0.1) is 13.8 Å². The number of phenolic OH excluding ortho intramolecular Hbond substituents is 1. The molecule has 0 aliphatic carbocycles. The summed E-state index contributed by atoms with van der Waals surface area (Å²) in [4.78, 5) is 24.2. The van der Waals surface area contributed by atoms with Gasteiger partial charge in [0.2, 0.25) is 0 Å². The van der Waals surface area contributed by atoms with Gasteiger partial charge in [-0.2, -0.15) is 0 Å². The summed E-state index contributed by atoms with van der Waals surface area (Å²) >= 11 is 5.88. The normalized spacial score (nSPS) is 10.3. The van der Waals surface area contributed by atoms with E-state index in [4.69, 9.17) is 21.1 Å². The van der Waals surface area contributed by atoms with Crippen molar-refractivity contribution in [2.75, 3.05) is 18.5 Å². The summed E-state index contributed by atoms with van der Waals surface area (Å²) in [5, 5.41) is 12.5. The fourth-order valence-corrected chi connectivity index (χ4v) is 2.46. The Kier molecular flexibility index (Phi) is 6.46. The third-order valence-electron chi connectivity index (χ3n) is 3.78. The molecule has 0 fully saturated rings. The zero-order valence-electron chi connectivity index (χ0n) is 14.8. The van der Waals surface area contributed by atoms with Crippen LogP contribution in [-0.2, 0) is 9.53 Å². The van der Waals surface area contributed by atoms with Crippen LogP contribution in [0.15, 0.2) is 30.3 Å². The lowest BCUT2D eigenvalue weighted by molar-refractivity contribution is -0.119. The minimum absolute atomic E-state index is 0.0391. The number of nitrogens with one attached hydrogen (secondary N) is 1. The number of hydrogen-bond donors (Lipinski definition) is 2. The molecule has 0 aliphatic heterocycles. The van der Waals surface area contributed by atoms with Crippen LogP contribution in [-0.4, -0.2) is 30.2 Å². The lowest BCUT2D eigenvalue weighted by Crippen LogP contribution is -2.21. The number of benzene rings is 2. The zero-order chi connectivity index (χ0) is 19.3. The standard InChI is InChI=1S/C19H20ClNO5/c1-4-25-16-9-13(8-14(20)18(16)23)19(24)26-10-17(22)21-15-7-5-6-11(2)12(15)3/h5-9,23H,4,10H2,1-3H3,(H,21,22). The van der Waals surface area contributed by atoms with Crippen molar-refractivity contribution in [3.05, 3.63) is 52.0 Å². The van der Waals surface area contributed by atoms with E-state index in [-0.39, 0.29) is 22.1 Å². The van der Waals surface area contributed by atoms with Gasteiger partial charge in [0.1, 0.15) is 0 Å². The molecule has 0 unspecified atom stereocenters. The molecule has 0 radical (unpaired) electrons. The summed E-state index contributed by atoms with van der Waals surface area (Å²) in [6.45, 7) is 5.41. The molecule has 0 aliphatic rings. The summed E-state index contributed by atoms with van der Waals surface area (Å²) in [5.74, 6) is -1.38. The molecule has 7 heteroatoms. The smallest absolute Gasteiger partial charge is 0.338 e. The molecule has 0 atom stereocenters. The number of carbonyl (C=O) groups is 2. The minimum Gasteiger partial charge on any atom is -0.503 e. The lowest BCUT2D eigenvalue weighted by Gasteiger charge is -2.12. The van der Waals surface area contributed by atoms with Crippen LogP contribution in [0.25, 0.3) is 0 Å². The lowest BCUT2D eigenvalue weighted by atomic mass is 10.1. The minimum atomic E-state index is -0.746. The fraction of sp³-hybridized carbons (Fsp3) is 0.263. The first-order valence-electron chi connectivity index (χ1n) is 8.02. The first kappa shape index (κ1) is 19.6. The number of rotatable bonds is 6. The van der Waals surface area contributed by atoms with Crippen LogP contribution in [0.2, 0.25) is 5.02 Å². The highest BCUT2D eigenvalue weighted by molar-refractivity contribution is 6.32. The molecule has 138 valence electrons. The van der Waals surface area contributed by atoms with Crippen LogP contribution in [0.3, 0.4) is 0 Å². The molecule has 1 amide bonds. The maximum absolute atomic E-state index is 12.1. The molecule has 0 saturated carbocycles. The summed E-state index contributed by atoms with van der Waals surface area (Å²) in [5.41, 5.74) is 2.73. The number of ether oxygens (including phenoxy) is 2. The summed E-state index contributed by atoms with van der Waals surface area (Å²) < 4.78 is 10.2. The van der Waals surface area contributed by atoms with E-state index in [1.807, 2.05) is 26.0 Å². The Labute approximate surface area is 156 Å². The molecule has 26 heavy (non-hydrogen) atoms. The average molecular weight is 378 g/mol. The van der Waals surface area contributed by atoms with E-state index < -0.39 is 18.5 Å². The Morgan fingerprint density at radius 1 is 1.23 bits per heavy atom. The molecular formula is C19H20ClNO5. The van der Waals surface area contributed by atoms with Crippen molar-refractivity contribution in [3.63, 3.8) is 0 Å². The first-order valence-corrected chi connectivity index (χ1v) is 8.39. The first-order chi connectivity index (χ1) is 12.3. The number of anilines is 1. The van der Waals surface area contributed by atoms with E-state index >= 15 is 0 Å². The van der Waals surface area contributed by atoms with Crippen molar-refractivity contribution in [3.8, 4) is 11.5 Å². The SMILES string of the molecule is CCOc1cc(C(=O)OCC(=O)Nc2cccc(C)c2C)cc(Cl)c1O. The van der Waals surface area contributed by atoms with Crippen LogP contribution in [0.4, 0.5) is 5.69 Å². The quantitative estimate of drug-likeness (QED) is 0.747. The van der Waals surface area contributed by atoms with Gasteiger partial charge in [0.05, 0.1) is 17.2 Å². The van der Waals surface area contributed by atoms with Gasteiger partial charge < -0.3 is 19.9 Å². The number of aryl methyl sites for hydroxylation is 1. The largest absolute Gasteiger partial charge is 0.503 e. The number of phenols is 1. The monoisotopic (exact) mass is 377 g/mol. The van der Waals surface area contributed by atoms with Crippen LogP contribution < -0.4 is 10.1 Å². The summed E-state index contributed by atoms with van der Waals surface area (Å²) in [6, 6.07) is 8.11. The molecule has 2 aromatic rings. The zero-order valence-corrected chi connectivity index (χ0v) is 15.5. The van der Waals surface area contributed by atoms with Crippen molar-refractivity contribution in [2.24, 2.45) is 0 Å². The Morgan fingerprint density at radius 2 is 1.96 bits per heavy atom. The second-order valence-electron chi connectivity index (χ2n) is 5.61. The molecule has 2 aromatic carbocycles. The van der Waals surface area contributed by atoms with Gasteiger partial charge in [-0.25, -0.2) is 4.79 Å². The fourth-order valence-electron chi connectivity index (χ4n) is 2.24. The second-order valence-corrected chi connectivity index (χ2v) is 6.02. The molecule has 0 bridgehead atoms. The number of hydrogen-bond acceptors (Lipinski definition) is 5. The van der Waals surface area contributed by atoms with E-state index in [0.717, 1.165) is 11.1 Å². The van der Waals surface area contributed by atoms with Gasteiger partial charge in [0.15, 0.2) is 18.1 Å². The maximum Gasteiger partial charge on any atom is 0.338 e. The molecule has 0 spiro atoms. The molecule has 0 aromatic heterocycles. The topological polar surface area (TPSA) is 84.9 Å². The van der Waals surface area contributed by atoms with E-state index in [9.17, 15) is 14.7 Å². The predicted octanol–water partition coefficient (Wildman–Crippen LogP) is 3.86. The Bertz CT molecular complexity index is 835. The van der Waals surface area contributed by atoms with Gasteiger partial charge in [-0.05, 0) is 50.1 Å². The highest BCUT2D eigenvalue weighted by Gasteiger charge is 2.17. The van der Waals surface area contributed by atoms with Crippen molar-refractivity contribution in [1.82, 2.24) is 0 Å². The van der Waals surface area contributed by atoms with E-state index in [2.05, 4.69) is 5.32 Å². The van der Waals surface area contributed by atoms with E-state index in [1.165, 1.54) is 12.1 Å². The number of carbonyl (C=O) groups excluding carboxylic acids is 2. The van der Waals surface area contributed by atoms with Gasteiger partial charge in [0, 0.05) is 5.69 Å². The third-order valence-corrected chi connectivity index (χ3v) is 4.07. The maximum atomic E-state index is 12.1. The number of esters is 1. The number of amides is 1. The summed E-state index contributed by atoms with van der Waals surface area (Å²) in [7, 11) is 0. The summed E-state index contributed by atoms with van der Waals surface area (Å²) in [6.07, 6.45) is 0. The van der Waals surface area contributed by atoms with Gasteiger partial charge in [-0.3, -0.25) is 4.79 Å². The van der Waals surface area contributed by atoms with Gasteiger partial charge in [-0.15, -0.1) is 0 Å². The molecule has 6 nitrogen and oxygen atoms in total. The Morgan fingerprint density at radius 3 is 2.65 bits per heavy atom. The third kappa shape index (κ3) is 4.67. The van der Waals surface area contributed by atoms with E-state index in [0.29, 0.717) is 12.3 Å². The number of aromatic hydroxyl groups is 1. The Balaban J connectivity index is 2.02. The average Bonchev–Trinajstić information content (AvgIpc) is 2.60. The molecule has 0 saturated heterocycles. The Hall–Kier alpha value is -2.73. The van der Waals surface area contributed by atoms with Crippen molar-refractivity contribution >= 4 is 29.2 Å².